The second-order valence-electron chi connectivity index (χ2n) is 6.62. The minimum atomic E-state index is 0.664. The molecule has 0 radical (unpaired) electrons. The topological polar surface area (TPSA) is 18.5 Å². The molecule has 0 spiro atoms. The minimum absolute atomic E-state index is 0.664. The first-order chi connectivity index (χ1) is 8.25. The first-order valence-corrected chi connectivity index (χ1v) is 7.42. The average molecular weight is 237 g/mol. The van der Waals surface area contributed by atoms with Crippen molar-refractivity contribution in [2.24, 2.45) is 5.41 Å². The summed E-state index contributed by atoms with van der Waals surface area (Å²) in [5, 5.41) is 3.48. The average Bonchev–Trinajstić information content (AvgIpc) is 2.81. The standard InChI is InChI=1S/C14H27N3/c1-14(4-2-5-14)12-16-7-9-17(10-8-16)13-3-6-15-11-13/h13,15H,2-12H2,1H3. The SMILES string of the molecule is CC1(CN2CCN(C3CCNC3)CC2)CCC1. The Labute approximate surface area is 106 Å². The fraction of sp³-hybridized carbons (Fsp3) is 1.00. The lowest BCUT2D eigenvalue weighted by Crippen LogP contribution is -2.53. The van der Waals surface area contributed by atoms with Crippen LogP contribution in [0.4, 0.5) is 0 Å². The third kappa shape index (κ3) is 2.67. The molecule has 3 fully saturated rings. The lowest BCUT2D eigenvalue weighted by Gasteiger charge is -2.45. The Kier molecular flexibility index (Phi) is 3.42. The van der Waals surface area contributed by atoms with Crippen molar-refractivity contribution in [3.05, 3.63) is 0 Å². The highest BCUT2D eigenvalue weighted by atomic mass is 15.3. The molecule has 3 heteroatoms. The molecule has 2 aliphatic heterocycles. The normalized spacial score (nSPS) is 34.8. The van der Waals surface area contributed by atoms with Crippen LogP contribution in [0.25, 0.3) is 0 Å². The monoisotopic (exact) mass is 237 g/mol. The molecule has 3 rings (SSSR count). The second kappa shape index (κ2) is 4.87. The Hall–Kier alpha value is -0.120. The highest BCUT2D eigenvalue weighted by Gasteiger charge is 2.35. The minimum Gasteiger partial charge on any atom is -0.315 e. The van der Waals surface area contributed by atoms with Gasteiger partial charge in [-0.2, -0.15) is 0 Å². The zero-order valence-corrected chi connectivity index (χ0v) is 11.2. The van der Waals surface area contributed by atoms with Gasteiger partial charge in [-0.15, -0.1) is 0 Å². The fourth-order valence-electron chi connectivity index (χ4n) is 3.72. The van der Waals surface area contributed by atoms with E-state index in [0.717, 1.165) is 6.04 Å². The van der Waals surface area contributed by atoms with E-state index in [1.165, 1.54) is 71.5 Å². The van der Waals surface area contributed by atoms with Crippen LogP contribution >= 0.6 is 0 Å². The number of nitrogens with one attached hydrogen (secondary N) is 1. The highest BCUT2D eigenvalue weighted by molar-refractivity contribution is 4.89. The van der Waals surface area contributed by atoms with Crippen LogP contribution in [0, 0.1) is 5.41 Å². The summed E-state index contributed by atoms with van der Waals surface area (Å²) in [6.45, 7) is 11.5. The molecule has 3 aliphatic rings. The Bertz CT molecular complexity index is 248. The van der Waals surface area contributed by atoms with Crippen molar-refractivity contribution in [3.8, 4) is 0 Å². The summed E-state index contributed by atoms with van der Waals surface area (Å²) >= 11 is 0. The Morgan fingerprint density at radius 3 is 2.47 bits per heavy atom. The molecule has 0 aromatic rings. The van der Waals surface area contributed by atoms with Gasteiger partial charge in [-0.05, 0) is 31.2 Å². The van der Waals surface area contributed by atoms with Crippen molar-refractivity contribution < 1.29 is 0 Å². The summed E-state index contributed by atoms with van der Waals surface area (Å²) in [6, 6.07) is 0.830. The molecule has 1 aliphatic carbocycles. The largest absolute Gasteiger partial charge is 0.315 e. The summed E-state index contributed by atoms with van der Waals surface area (Å²) in [5.74, 6) is 0. The number of hydrogen-bond acceptors (Lipinski definition) is 3. The first-order valence-electron chi connectivity index (χ1n) is 7.42. The molecule has 1 N–H and O–H groups in total. The lowest BCUT2D eigenvalue weighted by atomic mass is 9.70. The predicted octanol–water partition coefficient (Wildman–Crippen LogP) is 1.16. The van der Waals surface area contributed by atoms with E-state index in [-0.39, 0.29) is 0 Å². The van der Waals surface area contributed by atoms with E-state index in [9.17, 15) is 0 Å². The number of hydrogen-bond donors (Lipinski definition) is 1. The highest BCUT2D eigenvalue weighted by Crippen LogP contribution is 2.40. The third-order valence-corrected chi connectivity index (χ3v) is 5.12. The van der Waals surface area contributed by atoms with Crippen LogP contribution in [0.15, 0.2) is 0 Å². The van der Waals surface area contributed by atoms with E-state index in [2.05, 4.69) is 22.0 Å². The van der Waals surface area contributed by atoms with Gasteiger partial charge in [-0.1, -0.05) is 13.3 Å². The van der Waals surface area contributed by atoms with Crippen LogP contribution in [0.3, 0.4) is 0 Å². The summed E-state index contributed by atoms with van der Waals surface area (Å²) in [6.07, 6.45) is 5.74. The van der Waals surface area contributed by atoms with E-state index < -0.39 is 0 Å². The van der Waals surface area contributed by atoms with Gasteiger partial charge < -0.3 is 10.2 Å². The fourth-order valence-corrected chi connectivity index (χ4v) is 3.72. The molecule has 17 heavy (non-hydrogen) atoms. The quantitative estimate of drug-likeness (QED) is 0.794. The van der Waals surface area contributed by atoms with Gasteiger partial charge >= 0.3 is 0 Å². The summed E-state index contributed by atoms with van der Waals surface area (Å²) in [7, 11) is 0. The van der Waals surface area contributed by atoms with Crippen LogP contribution in [0.2, 0.25) is 0 Å². The molecule has 1 saturated carbocycles. The van der Waals surface area contributed by atoms with Gasteiger partial charge in [-0.25, -0.2) is 0 Å². The van der Waals surface area contributed by atoms with Crippen LogP contribution in [0.5, 0.6) is 0 Å². The van der Waals surface area contributed by atoms with Gasteiger partial charge in [0, 0.05) is 45.3 Å². The maximum atomic E-state index is 3.48. The number of rotatable bonds is 3. The van der Waals surface area contributed by atoms with Crippen LogP contribution in [-0.4, -0.2) is 61.7 Å². The Morgan fingerprint density at radius 1 is 1.18 bits per heavy atom. The smallest absolute Gasteiger partial charge is 0.0233 e. The van der Waals surface area contributed by atoms with E-state index >= 15 is 0 Å². The van der Waals surface area contributed by atoms with Gasteiger partial charge in [0.25, 0.3) is 0 Å². The van der Waals surface area contributed by atoms with E-state index in [1.807, 2.05) is 0 Å². The zero-order valence-electron chi connectivity index (χ0n) is 11.2. The van der Waals surface area contributed by atoms with Gasteiger partial charge in [0.2, 0.25) is 0 Å². The van der Waals surface area contributed by atoms with E-state index in [4.69, 9.17) is 0 Å². The van der Waals surface area contributed by atoms with E-state index in [0.29, 0.717) is 5.41 Å². The molecule has 1 atom stereocenters. The lowest BCUT2D eigenvalue weighted by molar-refractivity contribution is 0.0402. The van der Waals surface area contributed by atoms with Crippen molar-refractivity contribution in [1.82, 2.24) is 15.1 Å². The van der Waals surface area contributed by atoms with Gasteiger partial charge in [0.05, 0.1) is 0 Å². The zero-order chi connectivity index (χ0) is 11.7. The number of nitrogens with zero attached hydrogens (tertiary/aromatic N) is 2. The molecular weight excluding hydrogens is 210 g/mol. The van der Waals surface area contributed by atoms with Crippen LogP contribution in [0.1, 0.15) is 32.6 Å². The van der Waals surface area contributed by atoms with Crippen molar-refractivity contribution in [2.75, 3.05) is 45.8 Å². The van der Waals surface area contributed by atoms with Crippen molar-refractivity contribution >= 4 is 0 Å². The molecule has 0 bridgehead atoms. The van der Waals surface area contributed by atoms with Crippen molar-refractivity contribution in [1.29, 1.82) is 0 Å². The predicted molar refractivity (Wildman–Crippen MR) is 71.2 cm³/mol. The van der Waals surface area contributed by atoms with Gasteiger partial charge in [-0.3, -0.25) is 4.90 Å². The molecule has 3 nitrogen and oxygen atoms in total. The molecule has 0 aromatic carbocycles. The summed E-state index contributed by atoms with van der Waals surface area (Å²) < 4.78 is 0. The Morgan fingerprint density at radius 2 is 1.94 bits per heavy atom. The van der Waals surface area contributed by atoms with Crippen LogP contribution in [-0.2, 0) is 0 Å². The maximum Gasteiger partial charge on any atom is 0.0233 e. The van der Waals surface area contributed by atoms with Gasteiger partial charge in [0.1, 0.15) is 0 Å². The molecular formula is C14H27N3. The number of piperazine rings is 1. The summed E-state index contributed by atoms with van der Waals surface area (Å²) in [5.41, 5.74) is 0.664. The molecule has 0 aromatic heterocycles. The van der Waals surface area contributed by atoms with Crippen molar-refractivity contribution in [2.45, 2.75) is 38.6 Å². The molecule has 0 amide bonds. The molecule has 1 unspecified atom stereocenters. The van der Waals surface area contributed by atoms with Crippen molar-refractivity contribution in [3.63, 3.8) is 0 Å². The third-order valence-electron chi connectivity index (χ3n) is 5.12. The molecule has 2 saturated heterocycles. The first kappa shape index (κ1) is 11.9. The van der Waals surface area contributed by atoms with Gasteiger partial charge in [0.15, 0.2) is 0 Å². The molecule has 98 valence electrons. The maximum absolute atomic E-state index is 3.48. The van der Waals surface area contributed by atoms with Crippen LogP contribution < -0.4 is 5.32 Å². The van der Waals surface area contributed by atoms with E-state index in [1.54, 1.807) is 0 Å². The second-order valence-corrected chi connectivity index (χ2v) is 6.62. The summed E-state index contributed by atoms with van der Waals surface area (Å²) in [4.78, 5) is 5.41. The Balaban J connectivity index is 1.43. The molecule has 2 heterocycles.